The molecule has 0 aromatic heterocycles. The lowest BCUT2D eigenvalue weighted by Crippen LogP contribution is -2.51. The van der Waals surface area contributed by atoms with Crippen molar-refractivity contribution in [1.29, 1.82) is 0 Å². The summed E-state index contributed by atoms with van der Waals surface area (Å²) in [6.45, 7) is 5.27. The van der Waals surface area contributed by atoms with Crippen molar-refractivity contribution in [2.24, 2.45) is 5.41 Å². The third-order valence-electron chi connectivity index (χ3n) is 6.95. The van der Waals surface area contributed by atoms with E-state index in [1.807, 2.05) is 20.8 Å². The van der Waals surface area contributed by atoms with Crippen molar-refractivity contribution in [3.05, 3.63) is 76.1 Å². The lowest BCUT2D eigenvalue weighted by atomic mass is 9.74. The second kappa shape index (κ2) is 11.7. The molecule has 1 aliphatic rings. The van der Waals surface area contributed by atoms with Crippen LogP contribution in [0.25, 0.3) is 5.57 Å². The number of carbonyl (C=O) groups excluding carboxylic acids is 1. The molecule has 41 heavy (non-hydrogen) atoms. The standard InChI is InChI=1S/C29H31F7N2O3/c1-27(2,3)25-22(6-5-11-38(25)26(40)41)23(18-7-9-21(30)10-8-18)15-24(39)37(4)16-17-12-19(28(31,32)33)14-20(13-17)29(34,35)36/h7-10,12-14,25H,5-6,11,15-16H2,1-4H3,(H,40,41). The zero-order chi connectivity index (χ0) is 30.9. The normalized spacial score (nSPS) is 17.8. The summed E-state index contributed by atoms with van der Waals surface area (Å²) in [7, 11) is 1.26. The van der Waals surface area contributed by atoms with Gasteiger partial charge in [0.05, 0.1) is 23.6 Å². The van der Waals surface area contributed by atoms with Gasteiger partial charge in [-0.1, -0.05) is 32.9 Å². The number of hydrogen-bond donors (Lipinski definition) is 1. The first-order chi connectivity index (χ1) is 18.8. The first-order valence-corrected chi connectivity index (χ1v) is 12.8. The summed E-state index contributed by atoms with van der Waals surface area (Å²) in [6.07, 6.45) is -10.6. The molecular weight excluding hydrogens is 557 g/mol. The van der Waals surface area contributed by atoms with Crippen LogP contribution in [0.3, 0.4) is 0 Å². The third kappa shape index (κ3) is 7.80. The van der Waals surface area contributed by atoms with Gasteiger partial charge in [-0.25, -0.2) is 9.18 Å². The zero-order valence-electron chi connectivity index (χ0n) is 23.0. The monoisotopic (exact) mass is 588 g/mol. The molecule has 0 bridgehead atoms. The molecule has 0 saturated carbocycles. The fourth-order valence-corrected chi connectivity index (χ4v) is 5.22. The van der Waals surface area contributed by atoms with Crippen molar-refractivity contribution in [3.63, 3.8) is 0 Å². The molecule has 224 valence electrons. The molecule has 3 rings (SSSR count). The van der Waals surface area contributed by atoms with E-state index in [9.17, 15) is 45.4 Å². The van der Waals surface area contributed by atoms with E-state index in [1.165, 1.54) is 36.2 Å². The van der Waals surface area contributed by atoms with Crippen LogP contribution in [0.5, 0.6) is 0 Å². The number of carboxylic acid groups (broad SMARTS) is 1. The van der Waals surface area contributed by atoms with Gasteiger partial charge in [-0.15, -0.1) is 0 Å². The fourth-order valence-electron chi connectivity index (χ4n) is 5.22. The second-order valence-electron chi connectivity index (χ2n) is 11.2. The van der Waals surface area contributed by atoms with Gasteiger partial charge in [-0.2, -0.15) is 26.3 Å². The van der Waals surface area contributed by atoms with Crippen molar-refractivity contribution in [2.75, 3.05) is 13.6 Å². The number of nitrogens with zero attached hydrogens (tertiary/aromatic N) is 2. The molecule has 1 atom stereocenters. The van der Waals surface area contributed by atoms with E-state index in [2.05, 4.69) is 0 Å². The molecule has 1 aliphatic heterocycles. The Hall–Kier alpha value is -3.57. The number of benzene rings is 2. The molecule has 1 saturated heterocycles. The quantitative estimate of drug-likeness (QED) is 0.362. The third-order valence-corrected chi connectivity index (χ3v) is 6.95. The van der Waals surface area contributed by atoms with Gasteiger partial charge in [0, 0.05) is 20.1 Å². The molecule has 0 spiro atoms. The lowest BCUT2D eigenvalue weighted by molar-refractivity contribution is -0.143. The van der Waals surface area contributed by atoms with Gasteiger partial charge < -0.3 is 14.9 Å². The Morgan fingerprint density at radius 3 is 1.95 bits per heavy atom. The smallest absolute Gasteiger partial charge is 0.416 e. The Labute approximate surface area is 233 Å². The molecular formula is C29H31F7N2O3. The van der Waals surface area contributed by atoms with Gasteiger partial charge in [0.1, 0.15) is 5.82 Å². The van der Waals surface area contributed by atoms with Crippen LogP contribution in [0, 0.1) is 11.2 Å². The summed E-state index contributed by atoms with van der Waals surface area (Å²) in [4.78, 5) is 27.8. The predicted octanol–water partition coefficient (Wildman–Crippen LogP) is 7.85. The molecule has 2 amide bonds. The van der Waals surface area contributed by atoms with Crippen LogP contribution in [-0.2, 0) is 23.7 Å². The van der Waals surface area contributed by atoms with Crippen molar-refractivity contribution in [1.82, 2.24) is 9.80 Å². The van der Waals surface area contributed by atoms with Gasteiger partial charge >= 0.3 is 18.4 Å². The average Bonchev–Trinajstić information content (AvgIpc) is 2.85. The van der Waals surface area contributed by atoms with Gasteiger partial charge in [0.25, 0.3) is 0 Å². The Balaban J connectivity index is 2.04. The van der Waals surface area contributed by atoms with Crippen molar-refractivity contribution >= 4 is 17.6 Å². The minimum absolute atomic E-state index is 0.0201. The fraction of sp³-hybridized carbons (Fsp3) is 0.448. The number of hydrogen-bond acceptors (Lipinski definition) is 2. The average molecular weight is 589 g/mol. The molecule has 12 heteroatoms. The van der Waals surface area contributed by atoms with Crippen LogP contribution in [0.4, 0.5) is 35.5 Å². The topological polar surface area (TPSA) is 60.9 Å². The van der Waals surface area contributed by atoms with E-state index in [-0.39, 0.29) is 24.6 Å². The van der Waals surface area contributed by atoms with Gasteiger partial charge in [0.2, 0.25) is 5.91 Å². The second-order valence-corrected chi connectivity index (χ2v) is 11.2. The van der Waals surface area contributed by atoms with E-state index in [1.54, 1.807) is 0 Å². The van der Waals surface area contributed by atoms with Crippen LogP contribution in [0.2, 0.25) is 0 Å². The lowest BCUT2D eigenvalue weighted by Gasteiger charge is -2.44. The van der Waals surface area contributed by atoms with Crippen molar-refractivity contribution in [2.45, 2.75) is 65.0 Å². The maximum atomic E-state index is 13.8. The van der Waals surface area contributed by atoms with E-state index in [0.717, 1.165) is 4.90 Å². The SMILES string of the molecule is CN(Cc1cc(C(F)(F)F)cc(C(F)(F)F)c1)C(=O)CC(=C1CCCN(C(=O)O)C1C(C)(C)C)c1ccc(F)cc1. The zero-order valence-corrected chi connectivity index (χ0v) is 23.0. The minimum atomic E-state index is -5.03. The Kier molecular flexibility index (Phi) is 9.14. The van der Waals surface area contributed by atoms with Crippen LogP contribution in [-0.4, -0.2) is 46.5 Å². The number of likely N-dealkylation sites (tertiary alicyclic amines) is 1. The molecule has 2 aromatic carbocycles. The highest BCUT2D eigenvalue weighted by Gasteiger charge is 2.40. The van der Waals surface area contributed by atoms with Crippen molar-refractivity contribution < 1.29 is 45.4 Å². The molecule has 2 aromatic rings. The summed E-state index contributed by atoms with van der Waals surface area (Å²) in [5, 5.41) is 9.89. The molecule has 1 N–H and O–H groups in total. The molecule has 1 unspecified atom stereocenters. The van der Waals surface area contributed by atoms with Gasteiger partial charge in [-0.05, 0) is 70.9 Å². The molecule has 5 nitrogen and oxygen atoms in total. The van der Waals surface area contributed by atoms with E-state index in [4.69, 9.17) is 0 Å². The first kappa shape index (κ1) is 32.0. The number of halogens is 7. The first-order valence-electron chi connectivity index (χ1n) is 12.8. The number of amides is 2. The maximum absolute atomic E-state index is 13.8. The molecule has 1 heterocycles. The summed E-state index contributed by atoms with van der Waals surface area (Å²) in [6, 6.07) is 5.81. The van der Waals surface area contributed by atoms with Crippen LogP contribution in [0.1, 0.15) is 62.3 Å². The highest BCUT2D eigenvalue weighted by atomic mass is 19.4. The number of alkyl halides is 6. The van der Waals surface area contributed by atoms with Crippen LogP contribution >= 0.6 is 0 Å². The summed E-state index contributed by atoms with van der Waals surface area (Å²) < 4.78 is 93.7. The Morgan fingerprint density at radius 2 is 1.49 bits per heavy atom. The summed E-state index contributed by atoms with van der Waals surface area (Å²) in [5.74, 6) is -1.15. The summed E-state index contributed by atoms with van der Waals surface area (Å²) >= 11 is 0. The predicted molar refractivity (Wildman–Crippen MR) is 138 cm³/mol. The van der Waals surface area contributed by atoms with E-state index >= 15 is 0 Å². The van der Waals surface area contributed by atoms with E-state index < -0.39 is 59.3 Å². The van der Waals surface area contributed by atoms with Gasteiger partial charge in [0.15, 0.2) is 0 Å². The van der Waals surface area contributed by atoms with Crippen LogP contribution in [0.15, 0.2) is 48.0 Å². The Morgan fingerprint density at radius 1 is 0.951 bits per heavy atom. The number of rotatable bonds is 5. The highest BCUT2D eigenvalue weighted by molar-refractivity contribution is 5.90. The Bertz CT molecular complexity index is 1280. The van der Waals surface area contributed by atoms with Crippen LogP contribution < -0.4 is 0 Å². The number of carbonyl (C=O) groups is 2. The molecule has 0 aliphatic carbocycles. The largest absolute Gasteiger partial charge is 0.465 e. The number of piperidine rings is 1. The van der Waals surface area contributed by atoms with Crippen molar-refractivity contribution in [3.8, 4) is 0 Å². The molecule has 1 fully saturated rings. The summed E-state index contributed by atoms with van der Waals surface area (Å²) in [5.41, 5.74) is -2.38. The highest BCUT2D eigenvalue weighted by Crippen LogP contribution is 2.41. The van der Waals surface area contributed by atoms with Gasteiger partial charge in [-0.3, -0.25) is 4.79 Å². The van der Waals surface area contributed by atoms with E-state index in [0.29, 0.717) is 41.7 Å². The maximum Gasteiger partial charge on any atom is 0.416 e. The molecule has 0 radical (unpaired) electrons. The minimum Gasteiger partial charge on any atom is -0.465 e.